The van der Waals surface area contributed by atoms with Gasteiger partial charge in [-0.25, -0.2) is 0 Å². The third-order valence-electron chi connectivity index (χ3n) is 3.25. The number of ketones is 2. The highest BCUT2D eigenvalue weighted by atomic mass is 16.9. The van der Waals surface area contributed by atoms with Crippen LogP contribution in [0.15, 0.2) is 35.4 Å². The van der Waals surface area contributed by atoms with Gasteiger partial charge < -0.3 is 4.84 Å². The average Bonchev–Trinajstić information content (AvgIpc) is 2.44. The Morgan fingerprint density at radius 3 is 2.35 bits per heavy atom. The first kappa shape index (κ1) is 13.9. The van der Waals surface area contributed by atoms with E-state index in [1.54, 1.807) is 31.2 Å². The van der Waals surface area contributed by atoms with E-state index in [1.807, 2.05) is 0 Å². The van der Waals surface area contributed by atoms with Crippen LogP contribution >= 0.6 is 0 Å². The molecule has 0 amide bonds. The number of rotatable bonds is 5. The zero-order valence-corrected chi connectivity index (χ0v) is 10.9. The fraction of sp³-hybridized carbons (Fsp3) is 0.286. The lowest BCUT2D eigenvalue weighted by Gasteiger charge is -2.18. The van der Waals surface area contributed by atoms with Gasteiger partial charge in [0.05, 0.1) is 6.61 Å². The van der Waals surface area contributed by atoms with Gasteiger partial charge in [-0.05, 0) is 19.8 Å². The number of benzene rings is 1. The molecule has 6 nitrogen and oxygen atoms in total. The Morgan fingerprint density at radius 2 is 1.75 bits per heavy atom. The van der Waals surface area contributed by atoms with Gasteiger partial charge >= 0.3 is 0 Å². The molecule has 20 heavy (non-hydrogen) atoms. The summed E-state index contributed by atoms with van der Waals surface area (Å²) < 4.78 is 0. The second-order valence-corrected chi connectivity index (χ2v) is 4.47. The maximum Gasteiger partial charge on any atom is 0.294 e. The highest BCUT2D eigenvalue weighted by Crippen LogP contribution is 2.28. The highest BCUT2D eigenvalue weighted by molar-refractivity contribution is 6.26. The van der Waals surface area contributed by atoms with Gasteiger partial charge in [-0.15, -0.1) is 10.1 Å². The number of hydrogen-bond donors (Lipinski definition) is 0. The van der Waals surface area contributed by atoms with Crippen molar-refractivity contribution in [2.24, 2.45) is 0 Å². The molecule has 0 aliphatic heterocycles. The first-order valence-electron chi connectivity index (χ1n) is 6.18. The van der Waals surface area contributed by atoms with Crippen molar-refractivity contribution >= 4 is 11.6 Å². The molecule has 0 bridgehead atoms. The van der Waals surface area contributed by atoms with E-state index >= 15 is 0 Å². The van der Waals surface area contributed by atoms with Gasteiger partial charge in [-0.2, -0.15) is 0 Å². The van der Waals surface area contributed by atoms with Gasteiger partial charge in [-0.1, -0.05) is 24.3 Å². The van der Waals surface area contributed by atoms with Gasteiger partial charge in [-0.3, -0.25) is 9.59 Å². The Kier molecular flexibility index (Phi) is 3.93. The summed E-state index contributed by atoms with van der Waals surface area (Å²) >= 11 is 0. The third-order valence-corrected chi connectivity index (χ3v) is 3.25. The molecular formula is C14H13NO5. The Hall–Kier alpha value is -2.50. The summed E-state index contributed by atoms with van der Waals surface area (Å²) in [5, 5.41) is 9.17. The minimum atomic E-state index is -0.871. The van der Waals surface area contributed by atoms with Crippen LogP contribution in [-0.4, -0.2) is 23.3 Å². The van der Waals surface area contributed by atoms with E-state index in [-0.39, 0.29) is 18.2 Å². The van der Waals surface area contributed by atoms with Crippen LogP contribution in [0.4, 0.5) is 0 Å². The van der Waals surface area contributed by atoms with Gasteiger partial charge in [0.2, 0.25) is 0 Å². The van der Waals surface area contributed by atoms with Crippen molar-refractivity contribution < 1.29 is 19.5 Å². The lowest BCUT2D eigenvalue weighted by Crippen LogP contribution is -2.21. The number of nitrogens with zero attached hydrogens (tertiary/aromatic N) is 1. The molecule has 0 fully saturated rings. The molecule has 1 aromatic carbocycles. The van der Waals surface area contributed by atoms with E-state index in [1.165, 1.54) is 0 Å². The summed E-state index contributed by atoms with van der Waals surface area (Å²) in [4.78, 5) is 38.7. The summed E-state index contributed by atoms with van der Waals surface area (Å²) in [6, 6.07) is 6.67. The van der Waals surface area contributed by atoms with Gasteiger partial charge in [0, 0.05) is 22.3 Å². The first-order valence-corrected chi connectivity index (χ1v) is 6.18. The lowest BCUT2D eigenvalue weighted by molar-refractivity contribution is -0.757. The Balaban J connectivity index is 2.17. The van der Waals surface area contributed by atoms with E-state index in [0.29, 0.717) is 35.1 Å². The van der Waals surface area contributed by atoms with Crippen LogP contribution in [0.1, 0.15) is 40.5 Å². The van der Waals surface area contributed by atoms with E-state index in [9.17, 15) is 19.7 Å². The fourth-order valence-electron chi connectivity index (χ4n) is 2.24. The van der Waals surface area contributed by atoms with Gasteiger partial charge in [0.1, 0.15) is 0 Å². The standard InChI is InChI=1S/C14H13NO5/c1-9-10(7-4-8-20-15(18)19)14(17)12-6-3-2-5-11(12)13(9)16/h2-3,5-6H,4,7-8H2,1H3. The van der Waals surface area contributed by atoms with Crippen LogP contribution in [0.2, 0.25) is 0 Å². The zero-order chi connectivity index (χ0) is 14.7. The summed E-state index contributed by atoms with van der Waals surface area (Å²) in [6.07, 6.45) is 0.605. The van der Waals surface area contributed by atoms with Gasteiger partial charge in [0.15, 0.2) is 11.6 Å². The molecule has 0 heterocycles. The smallest absolute Gasteiger partial charge is 0.294 e. The topological polar surface area (TPSA) is 86.5 Å². The molecule has 0 saturated carbocycles. The first-order chi connectivity index (χ1) is 9.52. The van der Waals surface area contributed by atoms with Crippen LogP contribution in [0.3, 0.4) is 0 Å². The predicted molar refractivity (Wildman–Crippen MR) is 70.0 cm³/mol. The van der Waals surface area contributed by atoms with Crippen molar-refractivity contribution in [1.82, 2.24) is 0 Å². The quantitative estimate of drug-likeness (QED) is 0.467. The second-order valence-electron chi connectivity index (χ2n) is 4.47. The number of fused-ring (bicyclic) bond motifs is 1. The van der Waals surface area contributed by atoms with Crippen LogP contribution < -0.4 is 0 Å². The van der Waals surface area contributed by atoms with E-state index in [4.69, 9.17) is 0 Å². The van der Waals surface area contributed by atoms with Crippen LogP contribution in [0.25, 0.3) is 0 Å². The summed E-state index contributed by atoms with van der Waals surface area (Å²) in [5.74, 6) is -0.343. The van der Waals surface area contributed by atoms with E-state index < -0.39 is 5.09 Å². The molecule has 1 aromatic rings. The number of hydrogen-bond acceptors (Lipinski definition) is 5. The zero-order valence-electron chi connectivity index (χ0n) is 10.9. The number of allylic oxidation sites excluding steroid dienone is 2. The van der Waals surface area contributed by atoms with Crippen molar-refractivity contribution in [2.75, 3.05) is 6.61 Å². The molecule has 0 atom stereocenters. The molecule has 2 rings (SSSR count). The number of Topliss-reactive ketones (excluding diaryl/α,β-unsaturated/α-hetero) is 2. The fourth-order valence-corrected chi connectivity index (χ4v) is 2.24. The molecule has 0 aromatic heterocycles. The molecule has 0 N–H and O–H groups in total. The Morgan fingerprint density at radius 1 is 1.15 bits per heavy atom. The Bertz CT molecular complexity index is 618. The molecule has 6 heteroatoms. The monoisotopic (exact) mass is 275 g/mol. The molecule has 0 saturated heterocycles. The molecule has 104 valence electrons. The molecule has 0 unspecified atom stereocenters. The molecule has 1 aliphatic rings. The van der Waals surface area contributed by atoms with Crippen molar-refractivity contribution in [1.29, 1.82) is 0 Å². The lowest BCUT2D eigenvalue weighted by atomic mass is 9.83. The van der Waals surface area contributed by atoms with Crippen molar-refractivity contribution in [2.45, 2.75) is 19.8 Å². The maximum atomic E-state index is 12.3. The largest absolute Gasteiger partial charge is 0.314 e. The molecule has 0 spiro atoms. The normalized spacial score (nSPS) is 14.2. The average molecular weight is 275 g/mol. The third kappa shape index (κ3) is 2.59. The predicted octanol–water partition coefficient (Wildman–Crippen LogP) is 2.37. The Labute approximate surface area is 115 Å². The minimum absolute atomic E-state index is 0.0904. The molecule has 1 aliphatic carbocycles. The van der Waals surface area contributed by atoms with Crippen LogP contribution in [0.5, 0.6) is 0 Å². The SMILES string of the molecule is CC1=C(CCCO[N+](=O)[O-])C(=O)c2ccccc2C1=O. The van der Waals surface area contributed by atoms with Crippen molar-refractivity contribution in [3.63, 3.8) is 0 Å². The molecule has 0 radical (unpaired) electrons. The summed E-state index contributed by atoms with van der Waals surface area (Å²) in [7, 11) is 0. The van der Waals surface area contributed by atoms with Crippen molar-refractivity contribution in [3.05, 3.63) is 56.7 Å². The maximum absolute atomic E-state index is 12.3. The minimum Gasteiger partial charge on any atom is -0.314 e. The number of carbonyl (C=O) groups excluding carboxylic acids is 2. The van der Waals surface area contributed by atoms with Crippen LogP contribution in [-0.2, 0) is 4.84 Å². The molecular weight excluding hydrogens is 262 g/mol. The van der Waals surface area contributed by atoms with Gasteiger partial charge in [0.25, 0.3) is 5.09 Å². The van der Waals surface area contributed by atoms with E-state index in [2.05, 4.69) is 4.84 Å². The van der Waals surface area contributed by atoms with Crippen LogP contribution in [0, 0.1) is 10.1 Å². The van der Waals surface area contributed by atoms with Crippen molar-refractivity contribution in [3.8, 4) is 0 Å². The van der Waals surface area contributed by atoms with E-state index in [0.717, 1.165) is 0 Å². The highest BCUT2D eigenvalue weighted by Gasteiger charge is 2.28. The summed E-state index contributed by atoms with van der Waals surface area (Å²) in [6.45, 7) is 1.52. The summed E-state index contributed by atoms with van der Waals surface area (Å²) in [5.41, 5.74) is 1.64. The number of carbonyl (C=O) groups is 2. The second kappa shape index (κ2) is 5.64.